The molecule has 0 bridgehead atoms. The van der Waals surface area contributed by atoms with Crippen LogP contribution in [0.3, 0.4) is 0 Å². The Hall–Kier alpha value is -5.57. The minimum Gasteiger partial charge on any atom is -0.480 e. The molecule has 2 aromatic heterocycles. The van der Waals surface area contributed by atoms with Crippen molar-refractivity contribution in [3.63, 3.8) is 0 Å². The average molecular weight is 966 g/mol. The predicted molar refractivity (Wildman–Crippen MR) is 240 cm³/mol. The van der Waals surface area contributed by atoms with Crippen LogP contribution in [0.25, 0.3) is 0 Å². The molecule has 1 aliphatic heterocycles. The van der Waals surface area contributed by atoms with Crippen molar-refractivity contribution in [2.45, 2.75) is 153 Å². The maximum Gasteiger partial charge on any atom is 0.326 e. The second-order valence-corrected chi connectivity index (χ2v) is 17.8. The van der Waals surface area contributed by atoms with Gasteiger partial charge in [-0.25, -0.2) is 14.8 Å². The number of aromatic amines is 2. The van der Waals surface area contributed by atoms with Gasteiger partial charge in [0.2, 0.25) is 41.2 Å². The summed E-state index contributed by atoms with van der Waals surface area (Å²) in [6.45, 7) is 7.68. The Morgan fingerprint density at radius 3 is 1.90 bits per heavy atom. The van der Waals surface area contributed by atoms with Gasteiger partial charge in [-0.3, -0.25) is 28.8 Å². The molecule has 0 aromatic carbocycles. The molecule has 3 rings (SSSR count). The van der Waals surface area contributed by atoms with Crippen molar-refractivity contribution in [2.75, 3.05) is 26.2 Å². The van der Waals surface area contributed by atoms with Crippen LogP contribution < -0.4 is 37.2 Å². The number of unbranched alkanes of at least 4 members (excludes halogenated alkanes) is 1. The van der Waals surface area contributed by atoms with Crippen molar-refractivity contribution in [2.24, 2.45) is 11.8 Å². The highest BCUT2D eigenvalue weighted by molar-refractivity contribution is 5.95. The molecule has 3 heterocycles. The molecule has 0 radical (unpaired) electrons. The maximum absolute atomic E-state index is 14.0. The van der Waals surface area contributed by atoms with Crippen molar-refractivity contribution >= 4 is 41.4 Å². The number of aliphatic hydroxyl groups is 5. The van der Waals surface area contributed by atoms with Crippen LogP contribution in [0, 0.1) is 11.8 Å². The zero-order valence-corrected chi connectivity index (χ0v) is 39.2. The van der Waals surface area contributed by atoms with Gasteiger partial charge >= 0.3 is 5.97 Å². The molecule has 1 aliphatic rings. The Bertz CT molecular complexity index is 1900. The molecule has 0 aliphatic carbocycles. The first-order valence-corrected chi connectivity index (χ1v) is 22.9. The molecule has 15 N–H and O–H groups in total. The molecule has 382 valence electrons. The van der Waals surface area contributed by atoms with Crippen LogP contribution >= 0.6 is 0 Å². The fourth-order valence-electron chi connectivity index (χ4n) is 7.22. The highest BCUT2D eigenvalue weighted by Crippen LogP contribution is 2.24. The zero-order valence-electron chi connectivity index (χ0n) is 39.2. The third kappa shape index (κ3) is 18.8. The topological polar surface area (TPSA) is 392 Å². The van der Waals surface area contributed by atoms with Gasteiger partial charge in [0, 0.05) is 62.6 Å². The second kappa shape index (κ2) is 28.0. The number of aliphatic carboxylic acids is 1. The summed E-state index contributed by atoms with van der Waals surface area (Å²) in [5.41, 5.74) is 1.32. The van der Waals surface area contributed by atoms with Gasteiger partial charge in [-0.1, -0.05) is 27.7 Å². The predicted octanol–water partition coefficient (Wildman–Crippen LogP) is -3.64. The maximum atomic E-state index is 14.0. The summed E-state index contributed by atoms with van der Waals surface area (Å²) in [5, 5.41) is 80.1. The number of amides is 6. The summed E-state index contributed by atoms with van der Waals surface area (Å²) in [4.78, 5) is 105. The van der Waals surface area contributed by atoms with Crippen molar-refractivity contribution in [1.29, 1.82) is 0 Å². The van der Waals surface area contributed by atoms with Crippen LogP contribution in [-0.2, 0) is 51.1 Å². The molecule has 6 amide bonds. The molecule has 0 saturated carbocycles. The molecular weight excluding hydrogens is 895 g/mol. The number of imidazole rings is 2. The van der Waals surface area contributed by atoms with Crippen LogP contribution in [0.15, 0.2) is 25.0 Å². The monoisotopic (exact) mass is 966 g/mol. The Morgan fingerprint density at radius 2 is 1.32 bits per heavy atom. The lowest BCUT2D eigenvalue weighted by Crippen LogP contribution is -2.66. The SMILES string of the molecule is CC(C)CC(NC(=O)C(Cc1cnc[nH]1)NC(=O)C(NCC1(O)OCC(O)C(O)C1O)C(C)C)C(=O)NC(C(=O)NC(CCCCNC(=O)CCCC(=O)NCCc1cnc[nH]1)C(=O)O)C(C)O. The number of carboxylic acids is 1. The fraction of sp³-hybridized carbons (Fsp3) is 0.698. The number of carboxylic acid groups (broad SMARTS) is 1. The van der Waals surface area contributed by atoms with Gasteiger partial charge in [0.15, 0.2) is 0 Å². The molecule has 1 saturated heterocycles. The van der Waals surface area contributed by atoms with E-state index in [1.807, 2.05) is 0 Å². The number of carbonyl (C=O) groups is 7. The van der Waals surface area contributed by atoms with E-state index in [2.05, 4.69) is 57.2 Å². The Morgan fingerprint density at radius 1 is 0.750 bits per heavy atom. The summed E-state index contributed by atoms with van der Waals surface area (Å²) < 4.78 is 5.20. The van der Waals surface area contributed by atoms with E-state index in [1.54, 1.807) is 40.2 Å². The fourth-order valence-corrected chi connectivity index (χ4v) is 7.22. The van der Waals surface area contributed by atoms with E-state index in [4.69, 9.17) is 4.74 Å². The molecule has 68 heavy (non-hydrogen) atoms. The lowest BCUT2D eigenvalue weighted by Gasteiger charge is -2.42. The van der Waals surface area contributed by atoms with Crippen molar-refractivity contribution < 1.29 is 68.9 Å². The highest BCUT2D eigenvalue weighted by atomic mass is 16.6. The number of hydrogen-bond donors (Lipinski definition) is 15. The van der Waals surface area contributed by atoms with E-state index in [0.717, 1.165) is 5.69 Å². The largest absolute Gasteiger partial charge is 0.480 e. The van der Waals surface area contributed by atoms with E-state index in [1.165, 1.54) is 19.4 Å². The van der Waals surface area contributed by atoms with Gasteiger partial charge in [-0.05, 0) is 50.9 Å². The first kappa shape index (κ1) is 56.8. The van der Waals surface area contributed by atoms with Crippen molar-refractivity contribution in [3.8, 4) is 0 Å². The lowest BCUT2D eigenvalue weighted by atomic mass is 9.95. The molecule has 10 unspecified atom stereocenters. The number of aliphatic hydroxyl groups excluding tert-OH is 4. The number of rotatable bonds is 30. The Balaban J connectivity index is 1.57. The lowest BCUT2D eigenvalue weighted by molar-refractivity contribution is -0.318. The average Bonchev–Trinajstić information content (AvgIpc) is 4.00. The van der Waals surface area contributed by atoms with E-state index in [-0.39, 0.29) is 62.8 Å². The number of H-pyrrole nitrogens is 2. The summed E-state index contributed by atoms with van der Waals surface area (Å²) >= 11 is 0. The minimum absolute atomic E-state index is 0.0327. The van der Waals surface area contributed by atoms with Crippen molar-refractivity contribution in [1.82, 2.24) is 57.2 Å². The number of carbonyl (C=O) groups excluding carboxylic acids is 6. The summed E-state index contributed by atoms with van der Waals surface area (Å²) in [6, 6.07) is -6.85. The second-order valence-electron chi connectivity index (χ2n) is 17.8. The first-order valence-electron chi connectivity index (χ1n) is 22.9. The first-order chi connectivity index (χ1) is 32.1. The smallest absolute Gasteiger partial charge is 0.326 e. The van der Waals surface area contributed by atoms with Crippen LogP contribution in [-0.4, -0.2) is 179 Å². The number of aromatic nitrogens is 4. The van der Waals surface area contributed by atoms with Crippen LogP contribution in [0.5, 0.6) is 0 Å². The molecule has 10 atom stereocenters. The van der Waals surface area contributed by atoms with Gasteiger partial charge in [0.05, 0.1) is 38.0 Å². The molecule has 25 heteroatoms. The third-order valence-electron chi connectivity index (χ3n) is 11.2. The normalized spacial score (nSPS) is 20.9. The van der Waals surface area contributed by atoms with Gasteiger partial charge in [-0.15, -0.1) is 0 Å². The molecule has 2 aromatic rings. The molecule has 1 fully saturated rings. The summed E-state index contributed by atoms with van der Waals surface area (Å²) in [6.07, 6.45) is 1.06. The Labute approximate surface area is 394 Å². The zero-order chi connectivity index (χ0) is 50.6. The number of hydrogen-bond acceptors (Lipinski definition) is 16. The third-order valence-corrected chi connectivity index (χ3v) is 11.2. The van der Waals surface area contributed by atoms with Crippen LogP contribution in [0.2, 0.25) is 0 Å². The minimum atomic E-state index is -2.38. The van der Waals surface area contributed by atoms with E-state index in [0.29, 0.717) is 31.5 Å². The molecule has 25 nitrogen and oxygen atoms in total. The van der Waals surface area contributed by atoms with Gasteiger partial charge in [0.1, 0.15) is 42.5 Å². The van der Waals surface area contributed by atoms with Gasteiger partial charge < -0.3 is 82.6 Å². The Kier molecular flexibility index (Phi) is 23.4. The molecule has 0 spiro atoms. The van der Waals surface area contributed by atoms with Crippen molar-refractivity contribution in [3.05, 3.63) is 36.4 Å². The molecular formula is C43H71N11O14. The quantitative estimate of drug-likeness (QED) is 0.0336. The van der Waals surface area contributed by atoms with Gasteiger partial charge in [-0.2, -0.15) is 0 Å². The van der Waals surface area contributed by atoms with Crippen LogP contribution in [0.4, 0.5) is 0 Å². The number of nitrogens with one attached hydrogen (secondary N) is 9. The standard InChI is InChI=1S/C43H71N11O14/c1-23(2)15-29(52-38(61)30(16-27-18-45-22-50-27)53-40(63)34(24(3)4)48-20-43(67)37(60)36(59)31(56)19-68-43)39(62)54-35(25(5)55)41(64)51-28(42(65)66)9-6-7-13-46-32(57)10-8-11-33(58)47-14-12-26-17-44-21-49-26/h17-18,21-25,28-31,34-37,48,55-56,59-60,67H,6-16,19-20H2,1-5H3,(H,44,49)(H,45,50)(H,46,57)(H,47,58)(H,51,64)(H,52,61)(H,53,63)(H,54,62)(H,65,66). The van der Waals surface area contributed by atoms with E-state index < -0.39 is 109 Å². The summed E-state index contributed by atoms with van der Waals surface area (Å²) in [5.74, 6) is -8.34. The highest BCUT2D eigenvalue weighted by Gasteiger charge is 2.49. The number of ether oxygens (including phenoxy) is 1. The summed E-state index contributed by atoms with van der Waals surface area (Å²) in [7, 11) is 0. The van der Waals surface area contributed by atoms with Gasteiger partial charge in [0.25, 0.3) is 0 Å². The van der Waals surface area contributed by atoms with E-state index in [9.17, 15) is 64.2 Å². The van der Waals surface area contributed by atoms with Crippen LogP contribution in [0.1, 0.15) is 91.0 Å². The number of nitrogens with zero attached hydrogens (tertiary/aromatic N) is 2. The van der Waals surface area contributed by atoms with E-state index >= 15 is 0 Å².